The number of H-pyrrole nitrogens is 1. The normalized spacial score (nSPS) is 14.1. The summed E-state index contributed by atoms with van der Waals surface area (Å²) < 4.78 is 6.94. The van der Waals surface area contributed by atoms with E-state index in [9.17, 15) is 4.79 Å². The minimum atomic E-state index is -0.0388. The zero-order valence-corrected chi connectivity index (χ0v) is 18.3. The summed E-state index contributed by atoms with van der Waals surface area (Å²) in [6, 6.07) is 12.2. The minimum absolute atomic E-state index is 0.0388. The van der Waals surface area contributed by atoms with Crippen LogP contribution in [0.2, 0.25) is 0 Å². The van der Waals surface area contributed by atoms with Crippen LogP contribution in [0.4, 0.5) is 5.69 Å². The Morgan fingerprint density at radius 3 is 2.78 bits per heavy atom. The van der Waals surface area contributed by atoms with Gasteiger partial charge in [-0.3, -0.25) is 14.8 Å². The van der Waals surface area contributed by atoms with Gasteiger partial charge < -0.3 is 14.4 Å². The van der Waals surface area contributed by atoms with Gasteiger partial charge in [0.25, 0.3) is 5.56 Å². The molecule has 0 saturated heterocycles. The van der Waals surface area contributed by atoms with Crippen LogP contribution in [-0.2, 0) is 19.5 Å². The van der Waals surface area contributed by atoms with Gasteiger partial charge in [0.1, 0.15) is 5.76 Å². The number of anilines is 1. The van der Waals surface area contributed by atoms with Crippen molar-refractivity contribution in [2.45, 2.75) is 26.4 Å². The summed E-state index contributed by atoms with van der Waals surface area (Å²) in [6.07, 6.45) is 2.40. The lowest BCUT2D eigenvalue weighted by atomic mass is 10.1. The van der Waals surface area contributed by atoms with Crippen LogP contribution in [0.15, 0.2) is 51.9 Å². The van der Waals surface area contributed by atoms with Crippen molar-refractivity contribution in [3.63, 3.8) is 0 Å². The highest BCUT2D eigenvalue weighted by atomic mass is 16.3. The molecule has 3 aromatic heterocycles. The van der Waals surface area contributed by atoms with Crippen molar-refractivity contribution in [3.05, 3.63) is 75.6 Å². The molecule has 0 atom stereocenters. The van der Waals surface area contributed by atoms with Crippen molar-refractivity contribution in [1.82, 2.24) is 19.5 Å². The van der Waals surface area contributed by atoms with Gasteiger partial charge in [-0.25, -0.2) is 9.50 Å². The van der Waals surface area contributed by atoms with Crippen molar-refractivity contribution in [1.29, 1.82) is 0 Å². The summed E-state index contributed by atoms with van der Waals surface area (Å²) in [5.41, 5.74) is 6.28. The number of rotatable bonds is 6. The smallest absolute Gasteiger partial charge is 0.277 e. The van der Waals surface area contributed by atoms with Crippen LogP contribution in [0.5, 0.6) is 0 Å². The number of benzene rings is 1. The highest BCUT2D eigenvalue weighted by Crippen LogP contribution is 2.25. The van der Waals surface area contributed by atoms with Gasteiger partial charge in [-0.05, 0) is 30.7 Å². The highest BCUT2D eigenvalue weighted by Gasteiger charge is 2.23. The van der Waals surface area contributed by atoms with Crippen molar-refractivity contribution >= 4 is 11.3 Å². The first-order valence-corrected chi connectivity index (χ1v) is 10.8. The molecule has 0 spiro atoms. The minimum Gasteiger partial charge on any atom is -0.469 e. The number of nitrogens with zero attached hydrogens (tertiary/aromatic N) is 4. The molecule has 1 aliphatic rings. The molecule has 0 unspecified atom stereocenters. The number of hydrogen-bond donors (Lipinski definition) is 2. The number of aromatic nitrogens is 3. The van der Waals surface area contributed by atoms with Crippen LogP contribution in [0.1, 0.15) is 22.6 Å². The predicted octanol–water partition coefficient (Wildman–Crippen LogP) is 2.58. The maximum atomic E-state index is 13.2. The predicted molar refractivity (Wildman–Crippen MR) is 123 cm³/mol. The molecule has 0 aliphatic carbocycles. The molecule has 2 N–H and O–H groups in total. The Kier molecular flexibility index (Phi) is 5.32. The molecule has 0 saturated carbocycles. The van der Waals surface area contributed by atoms with E-state index in [2.05, 4.69) is 34.3 Å². The van der Waals surface area contributed by atoms with E-state index < -0.39 is 0 Å². The summed E-state index contributed by atoms with van der Waals surface area (Å²) in [5.74, 6) is 0.800. The average Bonchev–Trinajstić information content (AvgIpc) is 3.41. The average molecular weight is 434 g/mol. The summed E-state index contributed by atoms with van der Waals surface area (Å²) in [7, 11) is 1.97. The summed E-state index contributed by atoms with van der Waals surface area (Å²) >= 11 is 0. The number of nitrogens with one attached hydrogen (secondary N) is 1. The maximum Gasteiger partial charge on any atom is 0.277 e. The van der Waals surface area contributed by atoms with E-state index in [-0.39, 0.29) is 12.2 Å². The molecule has 8 heteroatoms. The molecular weight excluding hydrogens is 406 g/mol. The fourth-order valence-electron chi connectivity index (χ4n) is 4.37. The number of aromatic amines is 1. The molecule has 1 aliphatic heterocycles. The molecular formula is C24H27N5O3. The number of hydrogen-bond acceptors (Lipinski definition) is 6. The fourth-order valence-corrected chi connectivity index (χ4v) is 4.37. The van der Waals surface area contributed by atoms with Gasteiger partial charge >= 0.3 is 0 Å². The molecule has 0 bridgehead atoms. The summed E-state index contributed by atoms with van der Waals surface area (Å²) in [5, 5.41) is 12.3. The van der Waals surface area contributed by atoms with Crippen molar-refractivity contribution < 1.29 is 9.52 Å². The van der Waals surface area contributed by atoms with Crippen LogP contribution in [-0.4, -0.2) is 51.3 Å². The lowest BCUT2D eigenvalue weighted by molar-refractivity contribution is 0.241. The molecule has 0 amide bonds. The molecule has 166 valence electrons. The molecule has 4 aromatic rings. The van der Waals surface area contributed by atoms with Crippen LogP contribution < -0.4 is 10.5 Å². The SMILES string of the molecule is Cc1occc1-c1cc2nc3c(c(=O)n2[nH]1)CN(Cc1ccc(N(C)CCO)cc1)CC3. The number of aryl methyl sites for hydroxylation is 1. The molecule has 8 nitrogen and oxygen atoms in total. The van der Waals surface area contributed by atoms with E-state index in [0.717, 1.165) is 53.5 Å². The van der Waals surface area contributed by atoms with E-state index >= 15 is 0 Å². The zero-order chi connectivity index (χ0) is 22.2. The lowest BCUT2D eigenvalue weighted by Crippen LogP contribution is -2.36. The Hall–Kier alpha value is -3.36. The van der Waals surface area contributed by atoms with E-state index in [1.165, 1.54) is 10.1 Å². The number of fused-ring (bicyclic) bond motifs is 2. The first-order valence-electron chi connectivity index (χ1n) is 10.8. The zero-order valence-electron chi connectivity index (χ0n) is 18.3. The largest absolute Gasteiger partial charge is 0.469 e. The third-order valence-electron chi connectivity index (χ3n) is 6.21. The van der Waals surface area contributed by atoms with Crippen molar-refractivity contribution in [3.8, 4) is 11.3 Å². The first kappa shape index (κ1) is 20.5. The van der Waals surface area contributed by atoms with Gasteiger partial charge in [-0.2, -0.15) is 0 Å². The molecule has 0 fully saturated rings. The van der Waals surface area contributed by atoms with E-state index in [4.69, 9.17) is 14.5 Å². The lowest BCUT2D eigenvalue weighted by Gasteiger charge is -2.27. The maximum absolute atomic E-state index is 13.2. The second-order valence-corrected chi connectivity index (χ2v) is 8.37. The van der Waals surface area contributed by atoms with Gasteiger partial charge in [0.15, 0.2) is 5.65 Å². The molecule has 0 radical (unpaired) electrons. The van der Waals surface area contributed by atoms with Crippen molar-refractivity contribution in [2.24, 2.45) is 0 Å². The van der Waals surface area contributed by atoms with Gasteiger partial charge in [-0.15, -0.1) is 0 Å². The van der Waals surface area contributed by atoms with Gasteiger partial charge in [0, 0.05) is 57.0 Å². The van der Waals surface area contributed by atoms with Crippen LogP contribution in [0.25, 0.3) is 16.9 Å². The van der Waals surface area contributed by atoms with E-state index in [1.807, 2.05) is 31.0 Å². The van der Waals surface area contributed by atoms with E-state index in [1.54, 1.807) is 6.26 Å². The highest BCUT2D eigenvalue weighted by molar-refractivity contribution is 5.65. The monoisotopic (exact) mass is 433 g/mol. The van der Waals surface area contributed by atoms with Gasteiger partial charge in [0.05, 0.1) is 29.8 Å². The molecule has 1 aromatic carbocycles. The Bertz CT molecular complexity index is 1300. The number of aliphatic hydroxyl groups is 1. The summed E-state index contributed by atoms with van der Waals surface area (Å²) in [4.78, 5) is 22.3. The topological polar surface area (TPSA) is 90.0 Å². The van der Waals surface area contributed by atoms with Crippen LogP contribution in [0.3, 0.4) is 0 Å². The Balaban J connectivity index is 1.37. The number of aliphatic hydroxyl groups excluding tert-OH is 1. The third-order valence-corrected chi connectivity index (χ3v) is 6.21. The third kappa shape index (κ3) is 3.72. The molecule has 5 rings (SSSR count). The quantitative estimate of drug-likeness (QED) is 0.486. The second-order valence-electron chi connectivity index (χ2n) is 8.37. The van der Waals surface area contributed by atoms with Crippen LogP contribution >= 0.6 is 0 Å². The van der Waals surface area contributed by atoms with E-state index in [0.29, 0.717) is 18.7 Å². The van der Waals surface area contributed by atoms with Crippen molar-refractivity contribution in [2.75, 3.05) is 31.6 Å². The second kappa shape index (κ2) is 8.29. The fraction of sp³-hybridized carbons (Fsp3) is 0.333. The molecule has 32 heavy (non-hydrogen) atoms. The van der Waals surface area contributed by atoms with Gasteiger partial charge in [0.2, 0.25) is 0 Å². The number of furan rings is 1. The first-order chi connectivity index (χ1) is 15.5. The molecule has 4 heterocycles. The Morgan fingerprint density at radius 1 is 1.25 bits per heavy atom. The number of likely N-dealkylation sites (N-methyl/N-ethyl adjacent to an activating group) is 1. The van der Waals surface area contributed by atoms with Crippen LogP contribution in [0, 0.1) is 6.92 Å². The van der Waals surface area contributed by atoms with Gasteiger partial charge in [-0.1, -0.05) is 12.1 Å². The summed E-state index contributed by atoms with van der Waals surface area (Å²) in [6.45, 7) is 4.85. The standard InChI is InChI=1S/C24H27N5O3/c1-16-19(8-12-32-16)22-13-23-25-21-7-9-28(15-20(21)24(31)29(23)26-22)14-17-3-5-18(6-4-17)27(2)10-11-30/h3-6,8,12-13,26,30H,7,9-11,14-15H2,1-2H3. The Morgan fingerprint density at radius 2 is 2.06 bits per heavy atom. The Labute approximate surface area is 185 Å².